The molecule has 15 heavy (non-hydrogen) atoms. The third-order valence-electron chi connectivity index (χ3n) is 2.43. The molecule has 0 radical (unpaired) electrons. The van der Waals surface area contributed by atoms with E-state index in [0.717, 1.165) is 25.7 Å². The van der Waals surface area contributed by atoms with Crippen LogP contribution in [-0.4, -0.2) is 25.2 Å². The summed E-state index contributed by atoms with van der Waals surface area (Å²) in [5, 5.41) is 0. The third kappa shape index (κ3) is 3.73. The number of hydrogen-bond acceptors (Lipinski definition) is 4. The van der Waals surface area contributed by atoms with Crippen molar-refractivity contribution in [3.8, 4) is 0 Å². The molecule has 0 heterocycles. The van der Waals surface area contributed by atoms with E-state index in [1.165, 1.54) is 20.1 Å². The van der Waals surface area contributed by atoms with Gasteiger partial charge in [-0.15, -0.1) is 0 Å². The number of ether oxygens (including phenoxy) is 2. The molecule has 0 amide bonds. The lowest BCUT2D eigenvalue weighted by Crippen LogP contribution is -2.14. The molecule has 0 aromatic carbocycles. The first-order valence-corrected chi connectivity index (χ1v) is 5.10. The first-order valence-electron chi connectivity index (χ1n) is 5.10. The van der Waals surface area contributed by atoms with Crippen LogP contribution in [0.3, 0.4) is 0 Å². The fourth-order valence-electron chi connectivity index (χ4n) is 1.60. The van der Waals surface area contributed by atoms with E-state index in [9.17, 15) is 9.59 Å². The van der Waals surface area contributed by atoms with Gasteiger partial charge in [0, 0.05) is 11.6 Å². The Hall–Kier alpha value is -1.32. The lowest BCUT2D eigenvalue weighted by atomic mass is 10.3. The average Bonchev–Trinajstić information content (AvgIpc) is 2.68. The maximum absolute atomic E-state index is 11.3. The van der Waals surface area contributed by atoms with Crippen molar-refractivity contribution in [2.75, 3.05) is 7.11 Å². The quantitative estimate of drug-likeness (QED) is 0.526. The van der Waals surface area contributed by atoms with Gasteiger partial charge in [0.15, 0.2) is 0 Å². The van der Waals surface area contributed by atoms with Crippen molar-refractivity contribution in [1.82, 2.24) is 0 Å². The van der Waals surface area contributed by atoms with E-state index in [-0.39, 0.29) is 11.7 Å². The third-order valence-corrected chi connectivity index (χ3v) is 2.43. The molecule has 0 atom stereocenters. The van der Waals surface area contributed by atoms with Gasteiger partial charge in [0.1, 0.15) is 6.10 Å². The maximum atomic E-state index is 11.3. The monoisotopic (exact) mass is 212 g/mol. The van der Waals surface area contributed by atoms with Gasteiger partial charge in [-0.3, -0.25) is 0 Å². The molecule has 0 bridgehead atoms. The summed E-state index contributed by atoms with van der Waals surface area (Å²) in [5.74, 6) is -0.955. The summed E-state index contributed by atoms with van der Waals surface area (Å²) >= 11 is 0. The molecular formula is C11H16O4. The van der Waals surface area contributed by atoms with Gasteiger partial charge in [0.05, 0.1) is 7.11 Å². The summed E-state index contributed by atoms with van der Waals surface area (Å²) in [6.07, 6.45) is 5.28. The number of methoxy groups -OCH3 is 1. The van der Waals surface area contributed by atoms with Gasteiger partial charge in [-0.1, -0.05) is 0 Å². The molecule has 1 saturated carbocycles. The highest BCUT2D eigenvalue weighted by molar-refractivity contribution is 5.95. The summed E-state index contributed by atoms with van der Waals surface area (Å²) in [7, 11) is 1.28. The molecule has 0 spiro atoms. The van der Waals surface area contributed by atoms with Crippen LogP contribution < -0.4 is 0 Å². The molecule has 4 heteroatoms. The summed E-state index contributed by atoms with van der Waals surface area (Å²) in [6.45, 7) is 1.53. The van der Waals surface area contributed by atoms with Gasteiger partial charge in [-0.25, -0.2) is 9.59 Å². The van der Waals surface area contributed by atoms with Crippen LogP contribution in [0.15, 0.2) is 11.6 Å². The highest BCUT2D eigenvalue weighted by Crippen LogP contribution is 2.21. The maximum Gasteiger partial charge on any atom is 0.333 e. The van der Waals surface area contributed by atoms with Crippen molar-refractivity contribution in [3.63, 3.8) is 0 Å². The van der Waals surface area contributed by atoms with Crippen LogP contribution >= 0.6 is 0 Å². The normalized spacial score (nSPS) is 17.6. The zero-order chi connectivity index (χ0) is 11.3. The van der Waals surface area contributed by atoms with Crippen LogP contribution in [0.4, 0.5) is 0 Å². The smallest absolute Gasteiger partial charge is 0.333 e. The van der Waals surface area contributed by atoms with E-state index >= 15 is 0 Å². The summed E-state index contributed by atoms with van der Waals surface area (Å²) in [5.41, 5.74) is 0.264. The molecule has 4 nitrogen and oxygen atoms in total. The zero-order valence-corrected chi connectivity index (χ0v) is 9.12. The molecule has 84 valence electrons. The van der Waals surface area contributed by atoms with Crippen LogP contribution in [0, 0.1) is 0 Å². The van der Waals surface area contributed by atoms with Crippen molar-refractivity contribution in [2.45, 2.75) is 38.7 Å². The topological polar surface area (TPSA) is 52.6 Å². The average molecular weight is 212 g/mol. The first kappa shape index (κ1) is 11.8. The van der Waals surface area contributed by atoms with E-state index in [1.54, 1.807) is 0 Å². The molecule has 0 aromatic rings. The van der Waals surface area contributed by atoms with E-state index in [0.29, 0.717) is 0 Å². The Bertz CT molecular complexity index is 274. The molecule has 0 N–H and O–H groups in total. The van der Waals surface area contributed by atoms with E-state index in [4.69, 9.17) is 4.74 Å². The van der Waals surface area contributed by atoms with Gasteiger partial charge in [-0.05, 0) is 32.6 Å². The van der Waals surface area contributed by atoms with E-state index in [2.05, 4.69) is 4.74 Å². The number of esters is 2. The second kappa shape index (κ2) is 5.53. The van der Waals surface area contributed by atoms with Gasteiger partial charge >= 0.3 is 11.9 Å². The summed E-state index contributed by atoms with van der Waals surface area (Å²) < 4.78 is 9.62. The molecular weight excluding hydrogens is 196 g/mol. The van der Waals surface area contributed by atoms with Gasteiger partial charge < -0.3 is 9.47 Å². The fourth-order valence-corrected chi connectivity index (χ4v) is 1.60. The van der Waals surface area contributed by atoms with Crippen LogP contribution in [-0.2, 0) is 19.1 Å². The fraction of sp³-hybridized carbons (Fsp3) is 0.636. The number of carbonyl (C=O) groups is 2. The Balaban J connectivity index is 2.43. The lowest BCUT2D eigenvalue weighted by Gasteiger charge is -2.09. The molecule has 0 aliphatic heterocycles. The van der Waals surface area contributed by atoms with E-state index in [1.807, 2.05) is 0 Å². The van der Waals surface area contributed by atoms with Crippen LogP contribution in [0.1, 0.15) is 32.6 Å². The predicted octanol–water partition coefficient (Wildman–Crippen LogP) is 1.59. The second-order valence-electron chi connectivity index (χ2n) is 3.66. The van der Waals surface area contributed by atoms with Gasteiger partial charge in [0.2, 0.25) is 0 Å². The van der Waals surface area contributed by atoms with Crippen molar-refractivity contribution in [2.24, 2.45) is 0 Å². The van der Waals surface area contributed by atoms with Gasteiger partial charge in [0.25, 0.3) is 0 Å². The first-order chi connectivity index (χ1) is 7.13. The van der Waals surface area contributed by atoms with Crippen LogP contribution in [0.25, 0.3) is 0 Å². The predicted molar refractivity (Wildman–Crippen MR) is 54.1 cm³/mol. The Kier molecular flexibility index (Phi) is 4.34. The second-order valence-corrected chi connectivity index (χ2v) is 3.66. The zero-order valence-electron chi connectivity index (χ0n) is 9.12. The van der Waals surface area contributed by atoms with Gasteiger partial charge in [-0.2, -0.15) is 0 Å². The largest absolute Gasteiger partial charge is 0.466 e. The minimum atomic E-state index is -0.502. The highest BCUT2D eigenvalue weighted by atomic mass is 16.5. The van der Waals surface area contributed by atoms with Crippen molar-refractivity contribution in [3.05, 3.63) is 11.6 Å². The molecule has 1 fully saturated rings. The Labute approximate surface area is 89.2 Å². The van der Waals surface area contributed by atoms with Crippen LogP contribution in [0.2, 0.25) is 0 Å². The number of carbonyl (C=O) groups excluding carboxylic acids is 2. The lowest BCUT2D eigenvalue weighted by molar-refractivity contribution is -0.143. The summed E-state index contributed by atoms with van der Waals surface area (Å²) in [4.78, 5) is 22.3. The van der Waals surface area contributed by atoms with Crippen LogP contribution in [0.5, 0.6) is 0 Å². The molecule has 0 saturated heterocycles. The minimum absolute atomic E-state index is 0.0270. The Morgan fingerprint density at radius 3 is 2.40 bits per heavy atom. The van der Waals surface area contributed by atoms with Crippen molar-refractivity contribution < 1.29 is 19.1 Å². The molecule has 1 aliphatic rings. The minimum Gasteiger partial charge on any atom is -0.466 e. The van der Waals surface area contributed by atoms with Crippen molar-refractivity contribution >= 4 is 11.9 Å². The molecule has 1 rings (SSSR count). The number of hydrogen-bond donors (Lipinski definition) is 0. The Morgan fingerprint density at radius 2 is 1.87 bits per heavy atom. The molecule has 0 aromatic heterocycles. The SMILES string of the molecule is COC(=O)/C(C)=C\C(=O)OC1CCCC1. The molecule has 0 unspecified atom stereocenters. The van der Waals surface area contributed by atoms with E-state index < -0.39 is 11.9 Å². The standard InChI is InChI=1S/C11H16O4/c1-8(11(13)14-2)7-10(12)15-9-5-3-4-6-9/h7,9H,3-6H2,1-2H3/b8-7-. The molecule has 1 aliphatic carbocycles. The van der Waals surface area contributed by atoms with Crippen molar-refractivity contribution in [1.29, 1.82) is 0 Å². The Morgan fingerprint density at radius 1 is 1.27 bits per heavy atom. The highest BCUT2D eigenvalue weighted by Gasteiger charge is 2.18. The number of rotatable bonds is 3. The summed E-state index contributed by atoms with van der Waals surface area (Å²) in [6, 6.07) is 0.